The van der Waals surface area contributed by atoms with Crippen molar-refractivity contribution in [2.75, 3.05) is 39.3 Å². The largest absolute Gasteiger partial charge is 0.497 e. The molecule has 0 spiro atoms. The maximum atomic E-state index is 15.1. The van der Waals surface area contributed by atoms with E-state index in [1.54, 1.807) is 30.3 Å². The van der Waals surface area contributed by atoms with Crippen LogP contribution >= 0.6 is 23.2 Å². The van der Waals surface area contributed by atoms with Crippen molar-refractivity contribution in [1.29, 1.82) is 0 Å². The predicted octanol–water partition coefficient (Wildman–Crippen LogP) is 7.31. The van der Waals surface area contributed by atoms with Crippen LogP contribution in [0.1, 0.15) is 43.2 Å². The smallest absolute Gasteiger partial charge is 0.265 e. The Labute approximate surface area is 327 Å². The first-order valence-corrected chi connectivity index (χ1v) is 19.7. The van der Waals surface area contributed by atoms with Crippen molar-refractivity contribution >= 4 is 50.7 Å². The quantitative estimate of drug-likeness (QED) is 0.125. The van der Waals surface area contributed by atoms with Gasteiger partial charge in [-0.15, -0.1) is 0 Å². The molecule has 4 aromatic rings. The number of halogens is 2. The first-order chi connectivity index (χ1) is 26.0. The van der Waals surface area contributed by atoms with Crippen LogP contribution in [0.15, 0.2) is 89.8 Å². The summed E-state index contributed by atoms with van der Waals surface area (Å²) < 4.78 is 52.4. The number of methoxy groups -OCH3 is 4. The van der Waals surface area contributed by atoms with E-state index in [0.717, 1.165) is 42.0 Å². The van der Waals surface area contributed by atoms with Crippen LogP contribution in [0.3, 0.4) is 0 Å². The summed E-state index contributed by atoms with van der Waals surface area (Å²) in [5.74, 6) is -0.105. The summed E-state index contributed by atoms with van der Waals surface area (Å²) in [5, 5.41) is 3.77. The standard InChI is InChI=1S/C40H45Cl2N3O8S/c1-50-29-18-20-36(51-2)34(23-29)45(54(48,49)30-19-21-37(52-3)38(24-30)53-4)26-39(46)44(25-31-32(41)16-11-17-33(31)42)35(22-27-12-7-5-8-13-27)40(47)43-28-14-9-6-10-15-28/h5,7-8,11-13,16-21,23-24,28,35H,6,9-10,14-15,22,25-26H2,1-4H3,(H,43,47)/t35-/m1/s1. The number of hydrogen-bond donors (Lipinski definition) is 1. The Bertz CT molecular complexity index is 2010. The van der Waals surface area contributed by atoms with Gasteiger partial charge in [0, 0.05) is 46.7 Å². The SMILES string of the molecule is COc1ccc(OC)c(N(CC(=O)N(Cc2c(Cl)cccc2Cl)[C@H](Cc2ccccc2)C(=O)NC2CCCCC2)S(=O)(=O)c2ccc(OC)c(OC)c2)c1. The molecule has 0 radical (unpaired) electrons. The van der Waals surface area contributed by atoms with Crippen molar-refractivity contribution < 1.29 is 37.0 Å². The van der Waals surface area contributed by atoms with Crippen molar-refractivity contribution in [2.24, 2.45) is 0 Å². The monoisotopic (exact) mass is 797 g/mol. The molecule has 0 heterocycles. The van der Waals surface area contributed by atoms with Crippen LogP contribution in [-0.4, -0.2) is 72.2 Å². The summed E-state index contributed by atoms with van der Waals surface area (Å²) in [6, 6.07) is 21.9. The third kappa shape index (κ3) is 9.52. The number of benzene rings is 4. The Hall–Kier alpha value is -4.65. The molecule has 54 heavy (non-hydrogen) atoms. The summed E-state index contributed by atoms with van der Waals surface area (Å²) in [5.41, 5.74) is 1.24. The topological polar surface area (TPSA) is 124 Å². The van der Waals surface area contributed by atoms with Gasteiger partial charge >= 0.3 is 0 Å². The highest BCUT2D eigenvalue weighted by atomic mass is 35.5. The number of nitrogens with one attached hydrogen (secondary N) is 1. The van der Waals surface area contributed by atoms with Gasteiger partial charge in [-0.05, 0) is 54.8 Å². The lowest BCUT2D eigenvalue weighted by atomic mass is 9.94. The minimum Gasteiger partial charge on any atom is -0.497 e. The van der Waals surface area contributed by atoms with Gasteiger partial charge in [0.15, 0.2) is 11.5 Å². The molecule has 1 fully saturated rings. The molecule has 0 aliphatic heterocycles. The Morgan fingerprint density at radius 3 is 2.06 bits per heavy atom. The summed E-state index contributed by atoms with van der Waals surface area (Å²) in [7, 11) is 1.12. The van der Waals surface area contributed by atoms with Crippen LogP contribution in [-0.2, 0) is 32.6 Å². The number of rotatable bonds is 16. The molecular weight excluding hydrogens is 753 g/mol. The van der Waals surface area contributed by atoms with Gasteiger partial charge in [0.05, 0.1) is 39.0 Å². The lowest BCUT2D eigenvalue weighted by molar-refractivity contribution is -0.140. The normalized spacial score (nSPS) is 13.7. The van der Waals surface area contributed by atoms with Crippen molar-refractivity contribution in [3.63, 3.8) is 0 Å². The maximum absolute atomic E-state index is 15.1. The van der Waals surface area contributed by atoms with Gasteiger partial charge < -0.3 is 29.2 Å². The number of amides is 2. The molecule has 2 amide bonds. The van der Waals surface area contributed by atoms with E-state index in [1.165, 1.54) is 57.6 Å². The minimum atomic E-state index is -4.55. The lowest BCUT2D eigenvalue weighted by Gasteiger charge is -2.35. The molecule has 5 rings (SSSR count). The first-order valence-electron chi connectivity index (χ1n) is 17.5. The molecule has 1 atom stereocenters. The fourth-order valence-electron chi connectivity index (χ4n) is 6.56. The average molecular weight is 799 g/mol. The summed E-state index contributed by atoms with van der Waals surface area (Å²) in [6.07, 6.45) is 4.84. The van der Waals surface area contributed by atoms with Crippen molar-refractivity contribution in [2.45, 2.75) is 62.0 Å². The van der Waals surface area contributed by atoms with Gasteiger partial charge in [-0.25, -0.2) is 8.42 Å². The van der Waals surface area contributed by atoms with E-state index in [0.29, 0.717) is 17.1 Å². The molecule has 4 aromatic carbocycles. The second kappa shape index (κ2) is 18.6. The van der Waals surface area contributed by atoms with Crippen LogP contribution in [0.4, 0.5) is 5.69 Å². The molecule has 0 saturated heterocycles. The number of carbonyl (C=O) groups is 2. The van der Waals surface area contributed by atoms with Crippen molar-refractivity contribution in [3.05, 3.63) is 106 Å². The van der Waals surface area contributed by atoms with Crippen LogP contribution in [0.2, 0.25) is 10.0 Å². The van der Waals surface area contributed by atoms with Gasteiger partial charge in [-0.2, -0.15) is 0 Å². The van der Waals surface area contributed by atoms with Crippen LogP contribution in [0, 0.1) is 0 Å². The van der Waals surface area contributed by atoms with Gasteiger partial charge in [0.1, 0.15) is 24.1 Å². The Morgan fingerprint density at radius 2 is 1.43 bits per heavy atom. The van der Waals surface area contributed by atoms with E-state index in [2.05, 4.69) is 5.32 Å². The highest BCUT2D eigenvalue weighted by Gasteiger charge is 2.37. The number of ether oxygens (including phenoxy) is 4. The highest BCUT2D eigenvalue weighted by Crippen LogP contribution is 2.38. The van der Waals surface area contributed by atoms with E-state index < -0.39 is 28.5 Å². The zero-order valence-electron chi connectivity index (χ0n) is 30.7. The number of sulfonamides is 1. The fraction of sp³-hybridized carbons (Fsp3) is 0.350. The summed E-state index contributed by atoms with van der Waals surface area (Å²) in [4.78, 5) is 30.7. The molecule has 288 valence electrons. The van der Waals surface area contributed by atoms with E-state index in [1.807, 2.05) is 30.3 Å². The Balaban J connectivity index is 1.66. The van der Waals surface area contributed by atoms with E-state index in [-0.39, 0.29) is 57.0 Å². The summed E-state index contributed by atoms with van der Waals surface area (Å²) in [6.45, 7) is -0.934. The van der Waals surface area contributed by atoms with Crippen LogP contribution < -0.4 is 28.6 Å². The molecular formula is C40H45Cl2N3O8S. The molecule has 1 N–H and O–H groups in total. The third-order valence-electron chi connectivity index (χ3n) is 9.49. The van der Waals surface area contributed by atoms with E-state index in [4.69, 9.17) is 42.1 Å². The molecule has 1 aliphatic rings. The number of hydrogen-bond acceptors (Lipinski definition) is 8. The van der Waals surface area contributed by atoms with E-state index >= 15 is 4.79 Å². The summed E-state index contributed by atoms with van der Waals surface area (Å²) >= 11 is 13.4. The predicted molar refractivity (Wildman–Crippen MR) is 210 cm³/mol. The highest BCUT2D eigenvalue weighted by molar-refractivity contribution is 7.92. The number of carbonyl (C=O) groups excluding carboxylic acids is 2. The molecule has 0 aromatic heterocycles. The average Bonchev–Trinajstić information content (AvgIpc) is 3.19. The minimum absolute atomic E-state index is 0.0296. The zero-order chi connectivity index (χ0) is 38.8. The van der Waals surface area contributed by atoms with Gasteiger partial charge in [-0.1, -0.05) is 78.9 Å². The van der Waals surface area contributed by atoms with Gasteiger partial charge in [0.2, 0.25) is 11.8 Å². The Kier molecular flexibility index (Phi) is 14.0. The third-order valence-corrected chi connectivity index (χ3v) is 12.0. The second-order valence-electron chi connectivity index (χ2n) is 12.8. The molecule has 0 unspecified atom stereocenters. The maximum Gasteiger partial charge on any atom is 0.265 e. The fourth-order valence-corrected chi connectivity index (χ4v) is 8.51. The zero-order valence-corrected chi connectivity index (χ0v) is 33.0. The van der Waals surface area contributed by atoms with Crippen molar-refractivity contribution in [1.82, 2.24) is 10.2 Å². The van der Waals surface area contributed by atoms with Crippen LogP contribution in [0.25, 0.3) is 0 Å². The second-order valence-corrected chi connectivity index (χ2v) is 15.5. The van der Waals surface area contributed by atoms with E-state index in [9.17, 15) is 13.2 Å². The van der Waals surface area contributed by atoms with Gasteiger partial charge in [0.25, 0.3) is 10.0 Å². The van der Waals surface area contributed by atoms with Crippen LogP contribution in [0.5, 0.6) is 23.0 Å². The molecule has 14 heteroatoms. The van der Waals surface area contributed by atoms with Crippen molar-refractivity contribution in [3.8, 4) is 23.0 Å². The molecule has 1 saturated carbocycles. The first kappa shape index (κ1) is 40.5. The van der Waals surface area contributed by atoms with Gasteiger partial charge in [-0.3, -0.25) is 13.9 Å². The molecule has 11 nitrogen and oxygen atoms in total. The molecule has 1 aliphatic carbocycles. The lowest BCUT2D eigenvalue weighted by Crippen LogP contribution is -2.55. The number of anilines is 1. The molecule has 0 bridgehead atoms. The Morgan fingerprint density at radius 1 is 0.778 bits per heavy atom. The number of nitrogens with zero attached hydrogens (tertiary/aromatic N) is 2.